The van der Waals surface area contributed by atoms with E-state index in [0.717, 1.165) is 36.9 Å². The summed E-state index contributed by atoms with van der Waals surface area (Å²) >= 11 is 3.44. The van der Waals surface area contributed by atoms with Crippen molar-refractivity contribution >= 4 is 37.0 Å². The monoisotopic (exact) mass is 556 g/mol. The van der Waals surface area contributed by atoms with Gasteiger partial charge in [-0.3, -0.25) is 4.68 Å². The van der Waals surface area contributed by atoms with E-state index >= 15 is 0 Å². The molecule has 10 heteroatoms. The van der Waals surface area contributed by atoms with E-state index in [4.69, 9.17) is 14.6 Å². The Morgan fingerprint density at radius 3 is 2.51 bits per heavy atom. The van der Waals surface area contributed by atoms with Gasteiger partial charge in [0, 0.05) is 25.3 Å². The summed E-state index contributed by atoms with van der Waals surface area (Å²) in [6.45, 7) is 3.35. The predicted molar refractivity (Wildman–Crippen MR) is 135 cm³/mol. The Hall–Kier alpha value is -2.69. The molecule has 1 saturated heterocycles. The highest BCUT2D eigenvalue weighted by Crippen LogP contribution is 2.42. The first-order valence-corrected chi connectivity index (χ1v) is 14.0. The molecule has 0 radical (unpaired) electrons. The number of nitrogens with zero attached hydrogens (tertiary/aromatic N) is 4. The Balaban J connectivity index is 1.42. The third-order valence-corrected chi connectivity index (χ3v) is 9.15. The minimum atomic E-state index is -3.86. The van der Waals surface area contributed by atoms with Crippen molar-refractivity contribution in [1.82, 2.24) is 18.7 Å². The van der Waals surface area contributed by atoms with Gasteiger partial charge in [0.25, 0.3) is 10.0 Å². The molecule has 0 atom stereocenters. The van der Waals surface area contributed by atoms with Gasteiger partial charge in [-0.05, 0) is 72.8 Å². The number of hydrogen-bond acceptors (Lipinski definition) is 6. The SMILES string of the molecule is Cc1ccc(S(=O)(=O)n2c(Br)cc3c(Oc4cn(C5CC5)nc4C4CCOCC4)ccnc32)cc1. The Morgan fingerprint density at radius 2 is 1.80 bits per heavy atom. The minimum Gasteiger partial charge on any atom is -0.453 e. The molecule has 4 heterocycles. The molecular weight excluding hydrogens is 532 g/mol. The molecule has 1 aromatic carbocycles. The Kier molecular flexibility index (Phi) is 5.69. The number of halogens is 1. The Labute approximate surface area is 212 Å². The summed E-state index contributed by atoms with van der Waals surface area (Å²) in [7, 11) is -3.86. The van der Waals surface area contributed by atoms with Crippen molar-refractivity contribution in [2.45, 2.75) is 49.5 Å². The summed E-state index contributed by atoms with van der Waals surface area (Å²) in [4.78, 5) is 4.60. The van der Waals surface area contributed by atoms with Crippen LogP contribution in [0.15, 0.2) is 58.3 Å². The second kappa shape index (κ2) is 8.76. The molecule has 0 unspecified atom stereocenters. The van der Waals surface area contributed by atoms with Crippen molar-refractivity contribution in [3.05, 3.63) is 64.7 Å². The molecule has 0 N–H and O–H groups in total. The van der Waals surface area contributed by atoms with Crippen molar-refractivity contribution in [1.29, 1.82) is 0 Å². The van der Waals surface area contributed by atoms with E-state index in [0.29, 0.717) is 46.4 Å². The number of fused-ring (bicyclic) bond motifs is 1. The van der Waals surface area contributed by atoms with Gasteiger partial charge >= 0.3 is 0 Å². The second-order valence-corrected chi connectivity index (χ2v) is 11.8. The van der Waals surface area contributed by atoms with Crippen LogP contribution in [0.5, 0.6) is 11.5 Å². The number of ether oxygens (including phenoxy) is 2. The molecule has 1 aliphatic heterocycles. The molecule has 4 aromatic rings. The summed E-state index contributed by atoms with van der Waals surface area (Å²) in [5.74, 6) is 1.52. The number of rotatable bonds is 6. The fourth-order valence-corrected chi connectivity index (χ4v) is 6.84. The van der Waals surface area contributed by atoms with Gasteiger partial charge in [-0.25, -0.2) is 17.4 Å². The first kappa shape index (κ1) is 22.8. The number of pyridine rings is 1. The van der Waals surface area contributed by atoms with Gasteiger partial charge in [-0.15, -0.1) is 0 Å². The summed E-state index contributed by atoms with van der Waals surface area (Å²) in [5, 5.41) is 5.49. The van der Waals surface area contributed by atoms with Gasteiger partial charge in [0.05, 0.1) is 22.5 Å². The van der Waals surface area contributed by atoms with Crippen molar-refractivity contribution in [2.75, 3.05) is 13.2 Å². The first-order chi connectivity index (χ1) is 16.9. The van der Waals surface area contributed by atoms with Gasteiger partial charge in [-0.2, -0.15) is 5.10 Å². The van der Waals surface area contributed by atoms with E-state index < -0.39 is 10.0 Å². The van der Waals surface area contributed by atoms with Crippen LogP contribution in [0.2, 0.25) is 0 Å². The highest BCUT2D eigenvalue weighted by atomic mass is 79.9. The fraction of sp³-hybridized carbons (Fsp3) is 0.360. The highest BCUT2D eigenvalue weighted by Gasteiger charge is 2.30. The smallest absolute Gasteiger partial charge is 0.270 e. The maximum atomic E-state index is 13.5. The topological polar surface area (TPSA) is 88.2 Å². The lowest BCUT2D eigenvalue weighted by Crippen LogP contribution is -2.15. The van der Waals surface area contributed by atoms with Crippen LogP contribution in [0.1, 0.15) is 48.9 Å². The zero-order valence-corrected chi connectivity index (χ0v) is 21.6. The van der Waals surface area contributed by atoms with Gasteiger partial charge in [0.1, 0.15) is 16.0 Å². The van der Waals surface area contributed by atoms with Crippen LogP contribution >= 0.6 is 15.9 Å². The van der Waals surface area contributed by atoms with Crippen LogP contribution < -0.4 is 4.74 Å². The predicted octanol–water partition coefficient (Wildman–Crippen LogP) is 5.56. The zero-order chi connectivity index (χ0) is 24.2. The first-order valence-electron chi connectivity index (χ1n) is 11.7. The average molecular weight is 557 g/mol. The third-order valence-electron chi connectivity index (χ3n) is 6.61. The van der Waals surface area contributed by atoms with E-state index in [9.17, 15) is 8.42 Å². The number of benzene rings is 1. The number of aromatic nitrogens is 4. The second-order valence-electron chi connectivity index (χ2n) is 9.17. The molecule has 3 aromatic heterocycles. The van der Waals surface area contributed by atoms with Gasteiger partial charge in [0.15, 0.2) is 11.4 Å². The molecule has 0 bridgehead atoms. The molecule has 8 nitrogen and oxygen atoms in total. The molecule has 0 amide bonds. The summed E-state index contributed by atoms with van der Waals surface area (Å²) < 4.78 is 42.6. The summed E-state index contributed by atoms with van der Waals surface area (Å²) in [6.07, 6.45) is 7.61. The van der Waals surface area contributed by atoms with Crippen LogP contribution in [-0.4, -0.2) is 40.4 Å². The zero-order valence-electron chi connectivity index (χ0n) is 19.2. The molecule has 2 aliphatic rings. The van der Waals surface area contributed by atoms with Crippen molar-refractivity contribution in [3.63, 3.8) is 0 Å². The van der Waals surface area contributed by atoms with Crippen molar-refractivity contribution in [3.8, 4) is 11.5 Å². The standard InChI is InChI=1S/C25H25BrN4O4S/c1-16-2-6-19(7-3-16)35(31,32)30-23(26)14-20-21(8-11-27-25(20)30)34-22-15-29(18-4-5-18)28-24(22)17-9-12-33-13-10-17/h2-3,6-8,11,14-15,17-18H,4-5,9-10,12-13H2,1H3. The molecule has 2 fully saturated rings. The van der Waals surface area contributed by atoms with E-state index in [1.54, 1.807) is 42.6 Å². The fourth-order valence-electron chi connectivity index (χ4n) is 4.52. The molecule has 1 saturated carbocycles. The van der Waals surface area contributed by atoms with Crippen LogP contribution in [-0.2, 0) is 14.8 Å². The van der Waals surface area contributed by atoms with Crippen molar-refractivity contribution in [2.24, 2.45) is 0 Å². The normalized spacial score (nSPS) is 17.2. The van der Waals surface area contributed by atoms with E-state index in [-0.39, 0.29) is 10.8 Å². The van der Waals surface area contributed by atoms with Gasteiger partial charge in [-0.1, -0.05) is 17.7 Å². The maximum absolute atomic E-state index is 13.5. The van der Waals surface area contributed by atoms with E-state index in [1.165, 1.54) is 3.97 Å². The Bertz CT molecular complexity index is 1500. The molecule has 0 spiro atoms. The quantitative estimate of drug-likeness (QED) is 0.309. The number of hydrogen-bond donors (Lipinski definition) is 0. The lowest BCUT2D eigenvalue weighted by Gasteiger charge is -2.21. The van der Waals surface area contributed by atoms with Crippen LogP contribution in [0.25, 0.3) is 11.0 Å². The lowest BCUT2D eigenvalue weighted by molar-refractivity contribution is 0.0839. The van der Waals surface area contributed by atoms with Crippen LogP contribution in [0.3, 0.4) is 0 Å². The molecule has 6 rings (SSSR count). The van der Waals surface area contributed by atoms with E-state index in [1.807, 2.05) is 17.8 Å². The lowest BCUT2D eigenvalue weighted by atomic mass is 9.96. The van der Waals surface area contributed by atoms with E-state index in [2.05, 4.69) is 20.9 Å². The average Bonchev–Trinajstić information content (AvgIpc) is 3.52. The molecule has 35 heavy (non-hydrogen) atoms. The van der Waals surface area contributed by atoms with Crippen LogP contribution in [0.4, 0.5) is 0 Å². The summed E-state index contributed by atoms with van der Waals surface area (Å²) in [6, 6.07) is 10.7. The summed E-state index contributed by atoms with van der Waals surface area (Å²) in [5.41, 5.74) is 2.23. The van der Waals surface area contributed by atoms with Crippen molar-refractivity contribution < 1.29 is 17.9 Å². The maximum Gasteiger partial charge on any atom is 0.270 e. The molecular formula is C25H25BrN4O4S. The molecule has 182 valence electrons. The largest absolute Gasteiger partial charge is 0.453 e. The molecule has 1 aliphatic carbocycles. The number of aryl methyl sites for hydroxylation is 1. The highest BCUT2D eigenvalue weighted by molar-refractivity contribution is 9.10. The van der Waals surface area contributed by atoms with Crippen LogP contribution in [0, 0.1) is 6.92 Å². The minimum absolute atomic E-state index is 0.196. The third kappa shape index (κ3) is 4.17. The Morgan fingerprint density at radius 1 is 1.06 bits per heavy atom. The van der Waals surface area contributed by atoms with Gasteiger partial charge < -0.3 is 9.47 Å². The van der Waals surface area contributed by atoms with Gasteiger partial charge in [0.2, 0.25) is 0 Å².